The molecule has 4 heteroatoms. The lowest BCUT2D eigenvalue weighted by molar-refractivity contribution is -0.143. The molecule has 4 nitrogen and oxygen atoms in total. The average molecular weight is 318 g/mol. The fourth-order valence-electron chi connectivity index (χ4n) is 6.24. The van der Waals surface area contributed by atoms with Crippen LogP contribution in [0.2, 0.25) is 0 Å². The van der Waals surface area contributed by atoms with E-state index in [0.29, 0.717) is 0 Å². The molecule has 4 bridgehead atoms. The Kier molecular flexibility index (Phi) is 4.10. The van der Waals surface area contributed by atoms with Crippen LogP contribution in [0.3, 0.4) is 0 Å². The Morgan fingerprint density at radius 2 is 1.26 bits per heavy atom. The van der Waals surface area contributed by atoms with Gasteiger partial charge < -0.3 is 10.6 Å². The van der Waals surface area contributed by atoms with E-state index in [1.807, 2.05) is 0 Å². The SMILES string of the molecule is O=C(NC1CCCCCC1)C(=O)NC12CC3CC(CC(C3)C1)C2. The summed E-state index contributed by atoms with van der Waals surface area (Å²) in [5.74, 6) is 1.58. The lowest BCUT2D eigenvalue weighted by atomic mass is 9.53. The third-order valence-corrected chi connectivity index (χ3v) is 6.81. The second-order valence-corrected chi connectivity index (χ2v) is 8.81. The molecule has 5 aliphatic rings. The predicted octanol–water partition coefficient (Wildman–Crippen LogP) is 2.91. The normalized spacial score (nSPS) is 39.7. The van der Waals surface area contributed by atoms with Gasteiger partial charge in [0, 0.05) is 11.6 Å². The Balaban J connectivity index is 1.35. The summed E-state index contributed by atoms with van der Waals surface area (Å²) in [7, 11) is 0. The van der Waals surface area contributed by atoms with Crippen molar-refractivity contribution in [3.8, 4) is 0 Å². The molecule has 0 aromatic carbocycles. The van der Waals surface area contributed by atoms with Gasteiger partial charge in [-0.05, 0) is 69.1 Å². The topological polar surface area (TPSA) is 58.2 Å². The minimum Gasteiger partial charge on any atom is -0.345 e. The monoisotopic (exact) mass is 318 g/mol. The molecular formula is C19H30N2O2. The van der Waals surface area contributed by atoms with Gasteiger partial charge in [-0.2, -0.15) is 0 Å². The maximum atomic E-state index is 12.5. The smallest absolute Gasteiger partial charge is 0.309 e. The second-order valence-electron chi connectivity index (χ2n) is 8.81. The third kappa shape index (κ3) is 3.27. The predicted molar refractivity (Wildman–Crippen MR) is 88.7 cm³/mol. The maximum Gasteiger partial charge on any atom is 0.309 e. The van der Waals surface area contributed by atoms with Crippen LogP contribution in [0.15, 0.2) is 0 Å². The Bertz CT molecular complexity index is 444. The van der Waals surface area contributed by atoms with E-state index in [9.17, 15) is 9.59 Å². The lowest BCUT2D eigenvalue weighted by Crippen LogP contribution is -2.62. The van der Waals surface area contributed by atoms with Crippen LogP contribution in [0.1, 0.15) is 77.0 Å². The summed E-state index contributed by atoms with van der Waals surface area (Å²) in [5, 5.41) is 6.17. The number of nitrogens with one attached hydrogen (secondary N) is 2. The van der Waals surface area contributed by atoms with E-state index in [1.165, 1.54) is 44.9 Å². The summed E-state index contributed by atoms with van der Waals surface area (Å²) in [5.41, 5.74) is -0.0629. The molecule has 0 aromatic rings. The van der Waals surface area contributed by atoms with Crippen molar-refractivity contribution in [1.82, 2.24) is 10.6 Å². The van der Waals surface area contributed by atoms with Crippen molar-refractivity contribution in [2.45, 2.75) is 88.6 Å². The van der Waals surface area contributed by atoms with E-state index in [1.54, 1.807) is 0 Å². The van der Waals surface area contributed by atoms with Crippen molar-refractivity contribution < 1.29 is 9.59 Å². The van der Waals surface area contributed by atoms with Crippen molar-refractivity contribution >= 4 is 11.8 Å². The highest BCUT2D eigenvalue weighted by atomic mass is 16.2. The highest BCUT2D eigenvalue weighted by molar-refractivity contribution is 6.35. The fraction of sp³-hybridized carbons (Fsp3) is 0.895. The van der Waals surface area contributed by atoms with Gasteiger partial charge in [-0.25, -0.2) is 0 Å². The average Bonchev–Trinajstić information content (AvgIpc) is 2.73. The molecule has 5 fully saturated rings. The van der Waals surface area contributed by atoms with Crippen LogP contribution in [-0.4, -0.2) is 23.4 Å². The van der Waals surface area contributed by atoms with Crippen molar-refractivity contribution in [1.29, 1.82) is 0 Å². The zero-order valence-electron chi connectivity index (χ0n) is 14.1. The van der Waals surface area contributed by atoms with E-state index >= 15 is 0 Å². The number of hydrogen-bond donors (Lipinski definition) is 2. The quantitative estimate of drug-likeness (QED) is 0.607. The third-order valence-electron chi connectivity index (χ3n) is 6.81. The highest BCUT2D eigenvalue weighted by Gasteiger charge is 2.51. The summed E-state index contributed by atoms with van der Waals surface area (Å²) in [6, 6.07) is 0.201. The molecule has 0 aromatic heterocycles. The first-order valence-electron chi connectivity index (χ1n) is 9.75. The summed E-state index contributed by atoms with van der Waals surface area (Å²) in [6.45, 7) is 0. The summed E-state index contributed by atoms with van der Waals surface area (Å²) >= 11 is 0. The highest BCUT2D eigenvalue weighted by Crippen LogP contribution is 2.55. The van der Waals surface area contributed by atoms with Crippen LogP contribution in [-0.2, 0) is 9.59 Å². The van der Waals surface area contributed by atoms with Crippen LogP contribution in [0.5, 0.6) is 0 Å². The van der Waals surface area contributed by atoms with E-state index < -0.39 is 5.91 Å². The number of carbonyl (C=O) groups excluding carboxylic acids is 2. The molecule has 0 saturated heterocycles. The Morgan fingerprint density at radius 3 is 1.78 bits per heavy atom. The van der Waals surface area contributed by atoms with Crippen LogP contribution >= 0.6 is 0 Å². The Labute approximate surface area is 139 Å². The number of rotatable bonds is 2. The fourth-order valence-corrected chi connectivity index (χ4v) is 6.24. The molecule has 0 heterocycles. The van der Waals surface area contributed by atoms with Gasteiger partial charge in [0.15, 0.2) is 0 Å². The van der Waals surface area contributed by atoms with Crippen LogP contribution in [0.25, 0.3) is 0 Å². The minimum atomic E-state index is -0.396. The molecule has 23 heavy (non-hydrogen) atoms. The van der Waals surface area contributed by atoms with Crippen molar-refractivity contribution in [2.24, 2.45) is 17.8 Å². The van der Waals surface area contributed by atoms with Gasteiger partial charge >= 0.3 is 11.8 Å². The second kappa shape index (κ2) is 6.10. The molecule has 0 aliphatic heterocycles. The van der Waals surface area contributed by atoms with Gasteiger partial charge in [0.25, 0.3) is 0 Å². The van der Waals surface area contributed by atoms with E-state index in [0.717, 1.165) is 49.9 Å². The lowest BCUT2D eigenvalue weighted by Gasteiger charge is -2.56. The minimum absolute atomic E-state index is 0.0629. The summed E-state index contributed by atoms with van der Waals surface area (Å²) in [6.07, 6.45) is 14.2. The molecule has 0 atom stereocenters. The number of carbonyl (C=O) groups is 2. The Morgan fingerprint density at radius 1 is 0.739 bits per heavy atom. The molecule has 5 rings (SSSR count). The first-order valence-corrected chi connectivity index (χ1v) is 9.75. The molecule has 2 amide bonds. The van der Waals surface area contributed by atoms with E-state index in [-0.39, 0.29) is 17.5 Å². The standard InChI is InChI=1S/C19H30N2O2/c22-17(20-16-5-3-1-2-4-6-16)18(23)21-19-10-13-7-14(11-19)9-15(8-13)12-19/h13-16H,1-12H2,(H,20,22)(H,21,23). The molecule has 5 aliphatic carbocycles. The number of hydrogen-bond acceptors (Lipinski definition) is 2. The molecule has 0 unspecified atom stereocenters. The number of amides is 2. The van der Waals surface area contributed by atoms with Gasteiger partial charge in [0.1, 0.15) is 0 Å². The first-order chi connectivity index (χ1) is 11.1. The van der Waals surface area contributed by atoms with Crippen molar-refractivity contribution in [2.75, 3.05) is 0 Å². The molecule has 0 radical (unpaired) electrons. The zero-order valence-corrected chi connectivity index (χ0v) is 14.1. The van der Waals surface area contributed by atoms with Gasteiger partial charge in [0.05, 0.1) is 0 Å². The molecule has 5 saturated carbocycles. The maximum absolute atomic E-state index is 12.5. The van der Waals surface area contributed by atoms with Crippen LogP contribution in [0.4, 0.5) is 0 Å². The zero-order chi connectivity index (χ0) is 15.9. The molecule has 128 valence electrons. The largest absolute Gasteiger partial charge is 0.345 e. The first kappa shape index (κ1) is 15.5. The summed E-state index contributed by atoms with van der Waals surface area (Å²) < 4.78 is 0. The van der Waals surface area contributed by atoms with Gasteiger partial charge in [-0.3, -0.25) is 9.59 Å². The molecule has 2 N–H and O–H groups in total. The van der Waals surface area contributed by atoms with E-state index in [4.69, 9.17) is 0 Å². The molecular weight excluding hydrogens is 288 g/mol. The summed E-state index contributed by atoms with van der Waals surface area (Å²) in [4.78, 5) is 24.8. The van der Waals surface area contributed by atoms with E-state index in [2.05, 4.69) is 10.6 Å². The van der Waals surface area contributed by atoms with Crippen LogP contribution in [0, 0.1) is 17.8 Å². The van der Waals surface area contributed by atoms with Crippen molar-refractivity contribution in [3.05, 3.63) is 0 Å². The molecule has 0 spiro atoms. The Hall–Kier alpha value is -1.06. The van der Waals surface area contributed by atoms with Gasteiger partial charge in [0.2, 0.25) is 0 Å². The van der Waals surface area contributed by atoms with Gasteiger partial charge in [-0.15, -0.1) is 0 Å². The van der Waals surface area contributed by atoms with Crippen LogP contribution < -0.4 is 10.6 Å². The van der Waals surface area contributed by atoms with Crippen molar-refractivity contribution in [3.63, 3.8) is 0 Å². The van der Waals surface area contributed by atoms with Gasteiger partial charge in [-0.1, -0.05) is 25.7 Å².